The predicted molar refractivity (Wildman–Crippen MR) is 85.6 cm³/mol. The second-order valence-electron chi connectivity index (χ2n) is 5.15. The summed E-state index contributed by atoms with van der Waals surface area (Å²) >= 11 is 7.07. The summed E-state index contributed by atoms with van der Waals surface area (Å²) in [5.41, 5.74) is 0.744. The molecule has 0 aromatic heterocycles. The third-order valence-corrected chi connectivity index (χ3v) is 4.90. The van der Waals surface area contributed by atoms with Crippen LogP contribution in [0.1, 0.15) is 5.56 Å². The highest BCUT2D eigenvalue weighted by Crippen LogP contribution is 2.32. The van der Waals surface area contributed by atoms with Crippen LogP contribution in [0.3, 0.4) is 0 Å². The molecule has 1 aromatic carbocycles. The van der Waals surface area contributed by atoms with E-state index >= 15 is 0 Å². The molecule has 0 atom stereocenters. The number of hydrogen-bond donors (Lipinski definition) is 1. The summed E-state index contributed by atoms with van der Waals surface area (Å²) in [6, 6.07) is 7.26. The molecule has 0 saturated carbocycles. The van der Waals surface area contributed by atoms with E-state index in [9.17, 15) is 9.59 Å². The van der Waals surface area contributed by atoms with E-state index in [1.165, 1.54) is 9.80 Å². The molecule has 0 aliphatic carbocycles. The number of thioether (sulfide) groups is 1. The molecule has 22 heavy (non-hydrogen) atoms. The molecule has 0 bridgehead atoms. The van der Waals surface area contributed by atoms with Gasteiger partial charge in [0, 0.05) is 5.02 Å². The molecule has 2 aliphatic rings. The minimum atomic E-state index is -0.242. The number of nitrogens with one attached hydrogen (secondary N) is 1. The van der Waals surface area contributed by atoms with Crippen molar-refractivity contribution in [2.24, 2.45) is 0 Å². The van der Waals surface area contributed by atoms with E-state index in [1.54, 1.807) is 12.1 Å². The van der Waals surface area contributed by atoms with E-state index in [4.69, 9.17) is 16.3 Å². The van der Waals surface area contributed by atoms with Crippen LogP contribution in [0.2, 0.25) is 5.02 Å². The third kappa shape index (κ3) is 3.35. The molecule has 0 unspecified atom stereocenters. The first-order valence-corrected chi connectivity index (χ1v) is 8.26. The highest BCUT2D eigenvalue weighted by atomic mass is 35.5. The number of nitrogens with zero attached hydrogens (tertiary/aromatic N) is 1. The van der Waals surface area contributed by atoms with Crippen molar-refractivity contribution >= 4 is 40.6 Å². The topological polar surface area (TPSA) is 51.0 Å². The average Bonchev–Trinajstić information content (AvgIpc) is 2.78. The molecule has 1 aromatic rings. The van der Waals surface area contributed by atoms with Crippen molar-refractivity contribution in [1.82, 2.24) is 4.90 Å². The number of carbonyl (C=O) groups excluding carboxylic acids is 2. The normalized spacial score (nSPS) is 21.9. The molecule has 5 nitrogen and oxygen atoms in total. The van der Waals surface area contributed by atoms with Crippen LogP contribution >= 0.6 is 23.4 Å². The Hall–Kier alpha value is -1.34. The fourth-order valence-corrected chi connectivity index (χ4v) is 3.43. The number of rotatable bonds is 3. The molecule has 0 spiro atoms. The summed E-state index contributed by atoms with van der Waals surface area (Å²) in [6.45, 7) is 3.35. The van der Waals surface area contributed by atoms with E-state index in [-0.39, 0.29) is 11.1 Å². The van der Waals surface area contributed by atoms with Gasteiger partial charge in [0.25, 0.3) is 11.1 Å². The van der Waals surface area contributed by atoms with Crippen LogP contribution in [-0.4, -0.2) is 49.0 Å². The minimum Gasteiger partial charge on any atom is -0.370 e. The Morgan fingerprint density at radius 2 is 2.00 bits per heavy atom. The van der Waals surface area contributed by atoms with Crippen molar-refractivity contribution < 1.29 is 19.2 Å². The Bertz CT molecular complexity index is 629. The van der Waals surface area contributed by atoms with Crippen LogP contribution < -0.4 is 4.90 Å². The molecule has 2 aliphatic heterocycles. The van der Waals surface area contributed by atoms with E-state index in [0.717, 1.165) is 30.4 Å². The zero-order chi connectivity index (χ0) is 15.5. The van der Waals surface area contributed by atoms with Crippen LogP contribution in [0.4, 0.5) is 4.79 Å². The van der Waals surface area contributed by atoms with Crippen molar-refractivity contribution in [2.75, 3.05) is 33.0 Å². The Labute approximate surface area is 137 Å². The van der Waals surface area contributed by atoms with Gasteiger partial charge in [0.15, 0.2) is 6.67 Å². The molecule has 2 saturated heterocycles. The van der Waals surface area contributed by atoms with Gasteiger partial charge < -0.3 is 9.64 Å². The van der Waals surface area contributed by atoms with E-state index in [2.05, 4.69) is 0 Å². The van der Waals surface area contributed by atoms with Gasteiger partial charge in [-0.15, -0.1) is 0 Å². The number of ether oxygens (including phenoxy) is 1. The summed E-state index contributed by atoms with van der Waals surface area (Å²) in [6.07, 6.45) is 1.68. The molecule has 116 valence electrons. The summed E-state index contributed by atoms with van der Waals surface area (Å²) in [4.78, 5) is 27.5. The van der Waals surface area contributed by atoms with Crippen molar-refractivity contribution in [3.05, 3.63) is 39.8 Å². The number of hydrogen-bond acceptors (Lipinski definition) is 4. The molecule has 7 heteroatoms. The molecule has 2 amide bonds. The number of benzene rings is 1. The van der Waals surface area contributed by atoms with Crippen LogP contribution in [0.15, 0.2) is 29.2 Å². The van der Waals surface area contributed by atoms with Crippen LogP contribution in [0.5, 0.6) is 0 Å². The number of quaternary nitrogens is 1. The molecule has 1 N–H and O–H groups in total. The number of carbonyl (C=O) groups is 2. The van der Waals surface area contributed by atoms with Gasteiger partial charge in [-0.2, -0.15) is 0 Å². The fraction of sp³-hybridized carbons (Fsp3) is 0.333. The predicted octanol–water partition coefficient (Wildman–Crippen LogP) is 1.25. The molecule has 2 fully saturated rings. The van der Waals surface area contributed by atoms with Gasteiger partial charge in [0.1, 0.15) is 13.1 Å². The molecular formula is C15H16ClN2O3S+. The van der Waals surface area contributed by atoms with Gasteiger partial charge in [-0.25, -0.2) is 4.90 Å². The quantitative estimate of drug-likeness (QED) is 0.842. The van der Waals surface area contributed by atoms with Gasteiger partial charge in [-0.1, -0.05) is 29.8 Å². The lowest BCUT2D eigenvalue weighted by Crippen LogP contribution is -3.15. The highest BCUT2D eigenvalue weighted by Gasteiger charge is 2.37. The molecular weight excluding hydrogens is 324 g/mol. The zero-order valence-corrected chi connectivity index (χ0v) is 13.5. The van der Waals surface area contributed by atoms with Crippen LogP contribution in [0.25, 0.3) is 6.08 Å². The third-order valence-electron chi connectivity index (χ3n) is 3.65. The number of halogens is 1. The second kappa shape index (κ2) is 6.83. The monoisotopic (exact) mass is 339 g/mol. The zero-order valence-electron chi connectivity index (χ0n) is 11.9. The maximum absolute atomic E-state index is 12.4. The van der Waals surface area contributed by atoms with Crippen molar-refractivity contribution in [3.63, 3.8) is 0 Å². The summed E-state index contributed by atoms with van der Waals surface area (Å²) in [7, 11) is 0. The van der Waals surface area contributed by atoms with E-state index < -0.39 is 0 Å². The minimum absolute atomic E-state index is 0.220. The fourth-order valence-electron chi connectivity index (χ4n) is 2.41. The van der Waals surface area contributed by atoms with Gasteiger partial charge in [-0.3, -0.25) is 9.59 Å². The first-order valence-electron chi connectivity index (χ1n) is 7.06. The Balaban J connectivity index is 1.75. The van der Waals surface area contributed by atoms with Crippen LogP contribution in [-0.2, 0) is 9.53 Å². The van der Waals surface area contributed by atoms with Crippen molar-refractivity contribution in [1.29, 1.82) is 0 Å². The lowest BCUT2D eigenvalue weighted by molar-refractivity contribution is -0.915. The second-order valence-corrected chi connectivity index (χ2v) is 6.55. The largest absolute Gasteiger partial charge is 0.370 e. The van der Waals surface area contributed by atoms with Gasteiger partial charge >= 0.3 is 0 Å². The first-order chi connectivity index (χ1) is 10.6. The van der Waals surface area contributed by atoms with Crippen molar-refractivity contribution in [3.8, 4) is 0 Å². The van der Waals surface area contributed by atoms with Gasteiger partial charge in [0.05, 0.1) is 18.1 Å². The van der Waals surface area contributed by atoms with Crippen molar-refractivity contribution in [2.45, 2.75) is 0 Å². The lowest BCUT2D eigenvalue weighted by atomic mass is 10.2. The van der Waals surface area contributed by atoms with E-state index in [0.29, 0.717) is 29.8 Å². The number of imide groups is 1. The van der Waals surface area contributed by atoms with Gasteiger partial charge in [0.2, 0.25) is 0 Å². The maximum Gasteiger partial charge on any atom is 0.298 e. The Morgan fingerprint density at radius 1 is 1.27 bits per heavy atom. The molecule has 0 radical (unpaired) electrons. The number of morpholine rings is 1. The number of amides is 2. The van der Waals surface area contributed by atoms with E-state index in [1.807, 2.05) is 18.2 Å². The molecule has 3 rings (SSSR count). The maximum atomic E-state index is 12.4. The summed E-state index contributed by atoms with van der Waals surface area (Å²) < 4.78 is 5.29. The summed E-state index contributed by atoms with van der Waals surface area (Å²) in [5, 5.41) is 0.343. The Kier molecular flexibility index (Phi) is 4.83. The smallest absolute Gasteiger partial charge is 0.298 e. The first kappa shape index (κ1) is 15.6. The summed E-state index contributed by atoms with van der Waals surface area (Å²) in [5.74, 6) is -0.242. The SMILES string of the molecule is O=C1S/C(=C/c2ccccc2Cl)C(=O)N1C[NH+]1CCOCC1. The lowest BCUT2D eigenvalue weighted by Gasteiger charge is -2.26. The van der Waals surface area contributed by atoms with Crippen LogP contribution in [0, 0.1) is 0 Å². The highest BCUT2D eigenvalue weighted by molar-refractivity contribution is 8.18. The molecule has 2 heterocycles. The standard InChI is InChI=1S/C15H15ClN2O3S/c16-12-4-2-1-3-11(12)9-13-14(19)18(15(20)22-13)10-17-5-7-21-8-6-17/h1-4,9H,5-8,10H2/p+1/b13-9+. The average molecular weight is 340 g/mol. The Morgan fingerprint density at radius 3 is 2.73 bits per heavy atom. The van der Waals surface area contributed by atoms with Gasteiger partial charge in [-0.05, 0) is 29.5 Å².